The summed E-state index contributed by atoms with van der Waals surface area (Å²) in [5, 5.41) is 11.8. The molecule has 2 atom stereocenters. The molecular weight excluding hydrogens is 432 g/mol. The van der Waals surface area contributed by atoms with Crippen molar-refractivity contribution in [3.05, 3.63) is 59.7 Å². The van der Waals surface area contributed by atoms with Gasteiger partial charge in [-0.2, -0.15) is 0 Å². The first-order valence-corrected chi connectivity index (χ1v) is 12.1. The van der Waals surface area contributed by atoms with Crippen molar-refractivity contribution in [1.29, 1.82) is 0 Å². The Morgan fingerprint density at radius 3 is 2.32 bits per heavy atom. The van der Waals surface area contributed by atoms with E-state index in [4.69, 9.17) is 9.84 Å². The van der Waals surface area contributed by atoms with Crippen LogP contribution < -0.4 is 5.32 Å². The fourth-order valence-electron chi connectivity index (χ4n) is 5.11. The van der Waals surface area contributed by atoms with Crippen molar-refractivity contribution in [2.24, 2.45) is 0 Å². The van der Waals surface area contributed by atoms with Gasteiger partial charge in [0.15, 0.2) is 0 Å². The first kappa shape index (κ1) is 23.8. The molecule has 2 amide bonds. The Labute approximate surface area is 200 Å². The fraction of sp³-hybridized carbons (Fsp3) is 0.444. The van der Waals surface area contributed by atoms with Gasteiger partial charge >= 0.3 is 12.1 Å². The maximum Gasteiger partial charge on any atom is 0.407 e. The summed E-state index contributed by atoms with van der Waals surface area (Å²) in [7, 11) is 0. The summed E-state index contributed by atoms with van der Waals surface area (Å²) < 4.78 is 5.60. The molecule has 1 fully saturated rings. The van der Waals surface area contributed by atoms with Crippen molar-refractivity contribution in [3.8, 4) is 11.1 Å². The zero-order valence-electron chi connectivity index (χ0n) is 19.5. The third kappa shape index (κ3) is 5.24. The predicted octanol–water partition coefficient (Wildman–Crippen LogP) is 4.55. The number of rotatable bonds is 7. The summed E-state index contributed by atoms with van der Waals surface area (Å²) in [6.45, 7) is 2.76. The lowest BCUT2D eigenvalue weighted by Gasteiger charge is -2.31. The predicted molar refractivity (Wildman–Crippen MR) is 129 cm³/mol. The molecule has 2 N–H and O–H groups in total. The second-order valence-corrected chi connectivity index (χ2v) is 9.18. The highest BCUT2D eigenvalue weighted by atomic mass is 16.5. The Morgan fingerprint density at radius 1 is 1.03 bits per heavy atom. The maximum absolute atomic E-state index is 13.3. The summed E-state index contributed by atoms with van der Waals surface area (Å²) in [6, 6.07) is 15.3. The third-order valence-electron chi connectivity index (χ3n) is 6.92. The molecule has 7 nitrogen and oxygen atoms in total. The number of nitrogens with zero attached hydrogens (tertiary/aromatic N) is 1. The maximum atomic E-state index is 13.3. The second-order valence-electron chi connectivity index (χ2n) is 9.18. The number of nitrogens with one attached hydrogen (secondary N) is 1. The number of carboxylic acid groups (broad SMARTS) is 1. The van der Waals surface area contributed by atoms with Crippen molar-refractivity contribution in [3.63, 3.8) is 0 Å². The van der Waals surface area contributed by atoms with Crippen molar-refractivity contribution in [2.45, 2.75) is 63.5 Å². The van der Waals surface area contributed by atoms with Crippen molar-refractivity contribution in [1.82, 2.24) is 10.2 Å². The molecule has 180 valence electrons. The smallest absolute Gasteiger partial charge is 0.407 e. The van der Waals surface area contributed by atoms with E-state index >= 15 is 0 Å². The Balaban J connectivity index is 1.44. The highest BCUT2D eigenvalue weighted by molar-refractivity contribution is 5.86. The van der Waals surface area contributed by atoms with Gasteiger partial charge in [-0.25, -0.2) is 4.79 Å². The van der Waals surface area contributed by atoms with E-state index < -0.39 is 18.1 Å². The first-order chi connectivity index (χ1) is 16.5. The molecule has 1 aliphatic heterocycles. The number of fused-ring (bicyclic) bond motifs is 3. The Hall–Kier alpha value is -3.35. The molecule has 1 heterocycles. The quantitative estimate of drug-likeness (QED) is 0.627. The van der Waals surface area contributed by atoms with E-state index in [1.807, 2.05) is 43.3 Å². The highest BCUT2D eigenvalue weighted by Gasteiger charge is 2.32. The number of ether oxygens (including phenoxy) is 1. The molecule has 0 spiro atoms. The minimum absolute atomic E-state index is 0.0293. The molecule has 0 aromatic heterocycles. The van der Waals surface area contributed by atoms with Gasteiger partial charge in [0.05, 0.1) is 0 Å². The molecule has 0 radical (unpaired) electrons. The van der Waals surface area contributed by atoms with Gasteiger partial charge in [-0.1, -0.05) is 61.4 Å². The number of benzene rings is 2. The molecule has 1 saturated heterocycles. The molecule has 0 bridgehead atoms. The van der Waals surface area contributed by atoms with E-state index in [0.717, 1.165) is 47.9 Å². The van der Waals surface area contributed by atoms with Gasteiger partial charge in [-0.05, 0) is 48.4 Å². The number of carboxylic acids is 1. The van der Waals surface area contributed by atoms with Gasteiger partial charge < -0.3 is 20.1 Å². The molecule has 34 heavy (non-hydrogen) atoms. The Morgan fingerprint density at radius 2 is 1.68 bits per heavy atom. The molecule has 1 aliphatic carbocycles. The van der Waals surface area contributed by atoms with Crippen LogP contribution in [0.3, 0.4) is 0 Å². The summed E-state index contributed by atoms with van der Waals surface area (Å²) in [6.07, 6.45) is 3.06. The number of alkyl carbamates (subject to hydrolysis) is 1. The fourth-order valence-corrected chi connectivity index (χ4v) is 5.11. The van der Waals surface area contributed by atoms with E-state index in [1.165, 1.54) is 0 Å². The van der Waals surface area contributed by atoms with E-state index in [9.17, 15) is 14.4 Å². The molecule has 2 aromatic rings. The second kappa shape index (κ2) is 10.7. The lowest BCUT2D eigenvalue weighted by Crippen LogP contribution is -2.51. The van der Waals surface area contributed by atoms with E-state index in [-0.39, 0.29) is 37.3 Å². The van der Waals surface area contributed by atoms with Crippen LogP contribution in [0.5, 0.6) is 0 Å². The SMILES string of the molecule is CC1CCCCCN1C(=O)C(CCC(=O)O)NC(=O)OCC1c2ccccc2-c2ccccc21. The number of carbonyl (C=O) groups is 3. The number of amides is 2. The molecule has 4 rings (SSSR count). The first-order valence-electron chi connectivity index (χ1n) is 12.1. The molecular formula is C27H32N2O5. The van der Waals surface area contributed by atoms with Crippen molar-refractivity contribution in [2.75, 3.05) is 13.2 Å². The summed E-state index contributed by atoms with van der Waals surface area (Å²) in [5.74, 6) is -1.32. The van der Waals surface area contributed by atoms with Crippen LogP contribution in [-0.4, -0.2) is 53.2 Å². The highest BCUT2D eigenvalue weighted by Crippen LogP contribution is 2.44. The van der Waals surface area contributed by atoms with Crippen molar-refractivity contribution < 1.29 is 24.2 Å². The number of likely N-dealkylation sites (tertiary alicyclic amines) is 1. The third-order valence-corrected chi connectivity index (χ3v) is 6.92. The van der Waals surface area contributed by atoms with Crippen molar-refractivity contribution >= 4 is 18.0 Å². The Bertz CT molecular complexity index is 1010. The van der Waals surface area contributed by atoms with E-state index in [2.05, 4.69) is 17.4 Å². The van der Waals surface area contributed by atoms with Crippen LogP contribution in [0.15, 0.2) is 48.5 Å². The Kier molecular flexibility index (Phi) is 7.50. The number of hydrogen-bond acceptors (Lipinski definition) is 4. The largest absolute Gasteiger partial charge is 0.481 e. The van der Waals surface area contributed by atoms with Crippen LogP contribution in [0.2, 0.25) is 0 Å². The van der Waals surface area contributed by atoms with Gasteiger partial charge in [-0.15, -0.1) is 0 Å². The molecule has 0 saturated carbocycles. The summed E-state index contributed by atoms with van der Waals surface area (Å²) in [4.78, 5) is 39.0. The van der Waals surface area contributed by atoms with Crippen LogP contribution in [-0.2, 0) is 14.3 Å². The van der Waals surface area contributed by atoms with Crippen LogP contribution in [0.1, 0.15) is 62.5 Å². The minimum Gasteiger partial charge on any atom is -0.481 e. The lowest BCUT2D eigenvalue weighted by atomic mass is 9.98. The van der Waals surface area contributed by atoms with Crippen LogP contribution >= 0.6 is 0 Å². The summed E-state index contributed by atoms with van der Waals surface area (Å²) >= 11 is 0. The number of hydrogen-bond donors (Lipinski definition) is 2. The van der Waals surface area contributed by atoms with E-state index in [0.29, 0.717) is 6.54 Å². The van der Waals surface area contributed by atoms with Gasteiger partial charge in [-0.3, -0.25) is 9.59 Å². The van der Waals surface area contributed by atoms with Gasteiger partial charge in [0.25, 0.3) is 0 Å². The average Bonchev–Trinajstić information content (AvgIpc) is 2.99. The average molecular weight is 465 g/mol. The standard InChI is InChI=1S/C27H32N2O5/c1-18-9-3-2-8-16-29(18)26(32)24(14-15-25(30)31)28-27(33)34-17-23-21-12-6-4-10-19(21)20-11-5-7-13-22(20)23/h4-7,10-13,18,23-24H,2-3,8-9,14-17H2,1H3,(H,28,33)(H,30,31). The molecule has 7 heteroatoms. The molecule has 2 unspecified atom stereocenters. The number of aliphatic carboxylic acids is 1. The monoisotopic (exact) mass is 464 g/mol. The molecule has 2 aliphatic rings. The zero-order valence-corrected chi connectivity index (χ0v) is 19.5. The lowest BCUT2D eigenvalue weighted by molar-refractivity contribution is -0.138. The van der Waals surface area contributed by atoms with E-state index in [1.54, 1.807) is 4.90 Å². The topological polar surface area (TPSA) is 95.9 Å². The van der Waals surface area contributed by atoms with Gasteiger partial charge in [0.2, 0.25) is 5.91 Å². The van der Waals surface area contributed by atoms with Crippen LogP contribution in [0.25, 0.3) is 11.1 Å². The normalized spacial score (nSPS) is 18.4. The molecule has 2 aromatic carbocycles. The van der Waals surface area contributed by atoms with Crippen LogP contribution in [0.4, 0.5) is 4.79 Å². The van der Waals surface area contributed by atoms with Crippen LogP contribution in [0, 0.1) is 0 Å². The zero-order chi connectivity index (χ0) is 24.1. The summed E-state index contributed by atoms with van der Waals surface area (Å²) in [5.41, 5.74) is 4.48. The van der Waals surface area contributed by atoms with Gasteiger partial charge in [0.1, 0.15) is 12.6 Å². The number of carbonyl (C=O) groups excluding carboxylic acids is 2. The minimum atomic E-state index is -1.00. The van der Waals surface area contributed by atoms with Gasteiger partial charge in [0, 0.05) is 24.9 Å².